The molecule has 0 saturated heterocycles. The minimum atomic E-state index is -4.68. The summed E-state index contributed by atoms with van der Waals surface area (Å²) in [6.07, 6.45) is -4.68. The minimum Gasteiger partial charge on any atom is -0.279 e. The molecule has 0 aliphatic heterocycles. The SMILES string of the molecule is CON(C)C(=O)c1ccc(Cl)cc1NS(=O)(=O)c1ccc(C(F)(F)F)cc1Cl. The van der Waals surface area contributed by atoms with Gasteiger partial charge in [-0.25, -0.2) is 13.5 Å². The van der Waals surface area contributed by atoms with Gasteiger partial charge in [0.2, 0.25) is 0 Å². The number of sulfonamides is 1. The van der Waals surface area contributed by atoms with Gasteiger partial charge in [-0.2, -0.15) is 13.2 Å². The van der Waals surface area contributed by atoms with Gasteiger partial charge in [-0.1, -0.05) is 23.2 Å². The number of carbonyl (C=O) groups excluding carboxylic acids is 1. The summed E-state index contributed by atoms with van der Waals surface area (Å²) in [5, 5.41) is 0.339. The standard InChI is InChI=1S/C16H13Cl2F3N2O4S/c1-23(27-2)15(24)11-5-4-10(17)8-13(11)22-28(25,26)14-6-3-9(7-12(14)18)16(19,20)21/h3-8,22H,1-2H3. The number of anilines is 1. The minimum absolute atomic E-state index is 0.0969. The molecule has 12 heteroatoms. The molecule has 0 radical (unpaired) electrons. The van der Waals surface area contributed by atoms with Gasteiger partial charge in [0.05, 0.1) is 28.9 Å². The number of nitrogens with one attached hydrogen (secondary N) is 1. The van der Waals surface area contributed by atoms with Gasteiger partial charge in [0, 0.05) is 12.1 Å². The van der Waals surface area contributed by atoms with Gasteiger partial charge in [-0.15, -0.1) is 0 Å². The van der Waals surface area contributed by atoms with Crippen molar-refractivity contribution in [2.75, 3.05) is 18.9 Å². The quantitative estimate of drug-likeness (QED) is 0.674. The van der Waals surface area contributed by atoms with Crippen LogP contribution in [0.5, 0.6) is 0 Å². The normalized spacial score (nSPS) is 12.0. The van der Waals surface area contributed by atoms with E-state index in [-0.39, 0.29) is 16.3 Å². The van der Waals surface area contributed by atoms with Gasteiger partial charge in [0.25, 0.3) is 15.9 Å². The third-order valence-corrected chi connectivity index (χ3v) is 5.65. The third-order valence-electron chi connectivity index (χ3n) is 3.56. The molecule has 152 valence electrons. The van der Waals surface area contributed by atoms with Crippen LogP contribution in [0.4, 0.5) is 18.9 Å². The molecule has 0 aromatic heterocycles. The number of hydroxylamine groups is 2. The van der Waals surface area contributed by atoms with E-state index in [0.29, 0.717) is 12.1 Å². The van der Waals surface area contributed by atoms with Crippen molar-refractivity contribution in [1.82, 2.24) is 5.06 Å². The van der Waals surface area contributed by atoms with E-state index in [1.165, 1.54) is 32.4 Å². The first-order valence-electron chi connectivity index (χ1n) is 7.38. The molecule has 0 aliphatic carbocycles. The molecule has 0 aliphatic rings. The van der Waals surface area contributed by atoms with Crippen LogP contribution >= 0.6 is 23.2 Å². The van der Waals surface area contributed by atoms with E-state index in [0.717, 1.165) is 11.1 Å². The molecule has 2 aromatic rings. The van der Waals surface area contributed by atoms with Crippen molar-refractivity contribution >= 4 is 44.8 Å². The van der Waals surface area contributed by atoms with Crippen LogP contribution in [-0.4, -0.2) is 33.5 Å². The molecule has 2 aromatic carbocycles. The molecule has 2 rings (SSSR count). The van der Waals surface area contributed by atoms with E-state index in [1.807, 2.05) is 0 Å². The maximum atomic E-state index is 12.7. The summed E-state index contributed by atoms with van der Waals surface area (Å²) >= 11 is 11.6. The Morgan fingerprint density at radius 3 is 2.32 bits per heavy atom. The van der Waals surface area contributed by atoms with E-state index in [2.05, 4.69) is 4.72 Å². The summed E-state index contributed by atoms with van der Waals surface area (Å²) in [4.78, 5) is 16.5. The molecular formula is C16H13Cl2F3N2O4S. The summed E-state index contributed by atoms with van der Waals surface area (Å²) in [6.45, 7) is 0. The Morgan fingerprint density at radius 1 is 1.14 bits per heavy atom. The lowest BCUT2D eigenvalue weighted by Crippen LogP contribution is -2.27. The lowest BCUT2D eigenvalue weighted by molar-refractivity contribution is -0.137. The van der Waals surface area contributed by atoms with Crippen LogP contribution in [0.3, 0.4) is 0 Å². The molecule has 0 heterocycles. The van der Waals surface area contributed by atoms with Crippen molar-refractivity contribution in [3.8, 4) is 0 Å². The highest BCUT2D eigenvalue weighted by atomic mass is 35.5. The van der Waals surface area contributed by atoms with Crippen LogP contribution in [0.25, 0.3) is 0 Å². The summed E-state index contributed by atoms with van der Waals surface area (Å²) in [5.41, 5.74) is -1.39. The highest BCUT2D eigenvalue weighted by molar-refractivity contribution is 7.92. The number of hydrogen-bond donors (Lipinski definition) is 1. The molecule has 1 N–H and O–H groups in total. The molecule has 0 atom stereocenters. The summed E-state index contributed by atoms with van der Waals surface area (Å²) in [5.74, 6) is -0.685. The van der Waals surface area contributed by atoms with Crippen molar-refractivity contribution in [2.24, 2.45) is 0 Å². The second-order valence-electron chi connectivity index (χ2n) is 5.42. The number of carbonyl (C=O) groups is 1. The van der Waals surface area contributed by atoms with Gasteiger partial charge in [-0.05, 0) is 36.4 Å². The second-order valence-corrected chi connectivity index (χ2v) is 7.92. The molecular weight excluding hydrogens is 444 g/mol. The van der Waals surface area contributed by atoms with Crippen molar-refractivity contribution in [2.45, 2.75) is 11.1 Å². The monoisotopic (exact) mass is 456 g/mol. The number of rotatable bonds is 5. The van der Waals surface area contributed by atoms with E-state index >= 15 is 0 Å². The number of halogens is 5. The van der Waals surface area contributed by atoms with Crippen molar-refractivity contribution < 1.29 is 31.2 Å². The molecule has 6 nitrogen and oxygen atoms in total. The number of nitrogens with zero attached hydrogens (tertiary/aromatic N) is 1. The van der Waals surface area contributed by atoms with Gasteiger partial charge in [0.1, 0.15) is 4.90 Å². The van der Waals surface area contributed by atoms with Crippen molar-refractivity contribution in [1.29, 1.82) is 0 Å². The first-order valence-corrected chi connectivity index (χ1v) is 9.62. The fourth-order valence-electron chi connectivity index (χ4n) is 2.13. The molecule has 0 saturated carbocycles. The van der Waals surface area contributed by atoms with E-state index in [4.69, 9.17) is 28.0 Å². The van der Waals surface area contributed by atoms with Gasteiger partial charge < -0.3 is 0 Å². The highest BCUT2D eigenvalue weighted by Crippen LogP contribution is 2.34. The van der Waals surface area contributed by atoms with E-state index in [9.17, 15) is 26.4 Å². The summed E-state index contributed by atoms with van der Waals surface area (Å²) in [6, 6.07) is 5.62. The van der Waals surface area contributed by atoms with Crippen LogP contribution in [0.15, 0.2) is 41.3 Å². The molecule has 0 spiro atoms. The van der Waals surface area contributed by atoms with Crippen LogP contribution in [0.1, 0.15) is 15.9 Å². The second kappa shape index (κ2) is 8.16. The van der Waals surface area contributed by atoms with Crippen LogP contribution in [0.2, 0.25) is 10.0 Å². The average Bonchev–Trinajstić information content (AvgIpc) is 2.59. The zero-order valence-corrected chi connectivity index (χ0v) is 16.7. The Kier molecular flexibility index (Phi) is 6.49. The predicted molar refractivity (Wildman–Crippen MR) is 97.8 cm³/mol. The largest absolute Gasteiger partial charge is 0.416 e. The zero-order chi connectivity index (χ0) is 21.3. The fourth-order valence-corrected chi connectivity index (χ4v) is 3.92. The van der Waals surface area contributed by atoms with Crippen LogP contribution < -0.4 is 4.72 Å². The van der Waals surface area contributed by atoms with E-state index in [1.54, 1.807) is 0 Å². The van der Waals surface area contributed by atoms with Crippen LogP contribution in [0, 0.1) is 0 Å². The first kappa shape index (κ1) is 22.3. The maximum Gasteiger partial charge on any atom is 0.416 e. The third kappa shape index (κ3) is 4.88. The fraction of sp³-hybridized carbons (Fsp3) is 0.188. The number of benzene rings is 2. The Labute approximate surface area is 168 Å². The van der Waals surface area contributed by atoms with Gasteiger partial charge >= 0.3 is 6.18 Å². The Balaban J connectivity index is 2.48. The Morgan fingerprint density at radius 2 is 1.79 bits per heavy atom. The smallest absolute Gasteiger partial charge is 0.279 e. The topological polar surface area (TPSA) is 75.7 Å². The lowest BCUT2D eigenvalue weighted by Gasteiger charge is -2.18. The Hall–Kier alpha value is -2.01. The molecule has 0 fully saturated rings. The van der Waals surface area contributed by atoms with E-state index < -0.39 is 37.6 Å². The zero-order valence-electron chi connectivity index (χ0n) is 14.3. The lowest BCUT2D eigenvalue weighted by atomic mass is 10.1. The number of alkyl halides is 3. The molecule has 28 heavy (non-hydrogen) atoms. The van der Waals surface area contributed by atoms with Crippen molar-refractivity contribution in [3.05, 3.63) is 57.6 Å². The first-order chi connectivity index (χ1) is 12.9. The van der Waals surface area contributed by atoms with Gasteiger partial charge in [-0.3, -0.25) is 14.4 Å². The maximum absolute atomic E-state index is 12.7. The highest BCUT2D eigenvalue weighted by Gasteiger charge is 2.32. The predicted octanol–water partition coefficient (Wildman–Crippen LogP) is 4.45. The average molecular weight is 457 g/mol. The Bertz CT molecular complexity index is 1010. The summed E-state index contributed by atoms with van der Waals surface area (Å²) in [7, 11) is -1.89. The van der Waals surface area contributed by atoms with Crippen LogP contribution in [-0.2, 0) is 21.0 Å². The number of amides is 1. The summed E-state index contributed by atoms with van der Waals surface area (Å²) < 4.78 is 65.6. The van der Waals surface area contributed by atoms with Gasteiger partial charge in [0.15, 0.2) is 0 Å². The molecule has 1 amide bonds. The van der Waals surface area contributed by atoms with Crippen molar-refractivity contribution in [3.63, 3.8) is 0 Å². The molecule has 0 unspecified atom stereocenters. The number of hydrogen-bond acceptors (Lipinski definition) is 4. The molecule has 0 bridgehead atoms.